The number of halogens is 1. The first-order valence-corrected chi connectivity index (χ1v) is 10.8. The number of nitrogens with one attached hydrogen (secondary N) is 1. The number of aromatic nitrogens is 2. The van der Waals surface area contributed by atoms with Crippen LogP contribution >= 0.6 is 11.6 Å². The van der Waals surface area contributed by atoms with Crippen LogP contribution in [-0.2, 0) is 9.84 Å². The zero-order valence-corrected chi connectivity index (χ0v) is 16.5. The van der Waals surface area contributed by atoms with Gasteiger partial charge in [0.2, 0.25) is 20.6 Å². The predicted molar refractivity (Wildman–Crippen MR) is 101 cm³/mol. The lowest BCUT2D eigenvalue weighted by Crippen LogP contribution is -2.44. The van der Waals surface area contributed by atoms with E-state index in [4.69, 9.17) is 20.4 Å². The molecule has 0 aliphatic carbocycles. The quantitative estimate of drug-likeness (QED) is 0.677. The first-order chi connectivity index (χ1) is 13.3. The number of carbonyl (C=O) groups is 1. The van der Waals surface area contributed by atoms with Crippen LogP contribution in [0.1, 0.15) is 23.4 Å². The summed E-state index contributed by atoms with van der Waals surface area (Å²) in [5.41, 5.74) is 1.02. The summed E-state index contributed by atoms with van der Waals surface area (Å²) in [6.45, 7) is 1.27. The molecule has 9 nitrogen and oxygen atoms in total. The third-order valence-corrected chi connectivity index (χ3v) is 5.63. The van der Waals surface area contributed by atoms with Crippen LogP contribution < -0.4 is 10.2 Å². The van der Waals surface area contributed by atoms with Crippen LogP contribution in [0.15, 0.2) is 38.3 Å². The van der Waals surface area contributed by atoms with Crippen molar-refractivity contribution in [1.29, 1.82) is 0 Å². The van der Waals surface area contributed by atoms with Crippen LogP contribution in [0.4, 0.5) is 6.01 Å². The van der Waals surface area contributed by atoms with E-state index in [-0.39, 0.29) is 16.9 Å². The number of nitrogens with zero attached hydrogens (tertiary/aromatic N) is 3. The third-order valence-electron chi connectivity index (χ3n) is 4.47. The maximum Gasteiger partial charge on any atom is 0.299 e. The lowest BCUT2D eigenvalue weighted by Gasteiger charge is -2.31. The molecule has 4 heterocycles. The number of carbonyl (C=O) groups excluding carboxylic acids is 1. The predicted octanol–water partition coefficient (Wildman–Crippen LogP) is 2.27. The van der Waals surface area contributed by atoms with Gasteiger partial charge >= 0.3 is 0 Å². The first kappa shape index (κ1) is 18.8. The van der Waals surface area contributed by atoms with Crippen molar-refractivity contribution in [3.05, 3.63) is 35.2 Å². The van der Waals surface area contributed by atoms with E-state index in [0.717, 1.165) is 6.26 Å². The number of amides is 1. The molecule has 11 heteroatoms. The van der Waals surface area contributed by atoms with Crippen molar-refractivity contribution >= 4 is 44.6 Å². The van der Waals surface area contributed by atoms with E-state index < -0.39 is 15.7 Å². The fourth-order valence-corrected chi connectivity index (χ4v) is 3.74. The number of rotatable bonds is 4. The lowest BCUT2D eigenvalue weighted by atomic mass is 10.1. The van der Waals surface area contributed by atoms with Crippen LogP contribution in [0.2, 0.25) is 5.02 Å². The topological polar surface area (TPSA) is 119 Å². The first-order valence-electron chi connectivity index (χ1n) is 8.57. The molecule has 28 heavy (non-hydrogen) atoms. The Kier molecular flexibility index (Phi) is 4.76. The zero-order valence-electron chi connectivity index (χ0n) is 14.9. The Morgan fingerprint density at radius 3 is 2.71 bits per heavy atom. The van der Waals surface area contributed by atoms with Gasteiger partial charge in [0, 0.05) is 31.6 Å². The van der Waals surface area contributed by atoms with Crippen molar-refractivity contribution in [2.45, 2.75) is 24.0 Å². The van der Waals surface area contributed by atoms with Crippen molar-refractivity contribution in [2.24, 2.45) is 0 Å². The van der Waals surface area contributed by atoms with Crippen LogP contribution in [0.5, 0.6) is 0 Å². The molecule has 1 fully saturated rings. The number of furan rings is 1. The standard InChI is InChI=1S/C17H17ClN4O5S/c1-28(24,25)14-3-2-13(26-14)15(23)20-11-4-6-22(7-5-11)17-21-12-8-10(18)9-19-16(12)27-17/h2-3,8-9,11H,4-7H2,1H3,(H,20,23). The highest BCUT2D eigenvalue weighted by Crippen LogP contribution is 2.25. The molecule has 1 aliphatic rings. The molecule has 0 saturated carbocycles. The van der Waals surface area contributed by atoms with Crippen molar-refractivity contribution < 1.29 is 22.0 Å². The highest BCUT2D eigenvalue weighted by atomic mass is 35.5. The molecule has 148 valence electrons. The summed E-state index contributed by atoms with van der Waals surface area (Å²) in [6.07, 6.45) is 3.89. The van der Waals surface area contributed by atoms with Crippen molar-refractivity contribution in [3.63, 3.8) is 0 Å². The van der Waals surface area contributed by atoms with Gasteiger partial charge in [-0.3, -0.25) is 4.79 Å². The van der Waals surface area contributed by atoms with Crippen molar-refractivity contribution in [1.82, 2.24) is 15.3 Å². The van der Waals surface area contributed by atoms with Crippen molar-refractivity contribution in [3.8, 4) is 0 Å². The van der Waals surface area contributed by atoms with Gasteiger partial charge in [0.05, 0.1) is 5.02 Å². The minimum atomic E-state index is -3.48. The largest absolute Gasteiger partial charge is 0.440 e. The minimum absolute atomic E-state index is 0.0234. The van der Waals surface area contributed by atoms with Gasteiger partial charge in [0.1, 0.15) is 5.52 Å². The molecule has 0 aromatic carbocycles. The highest BCUT2D eigenvalue weighted by Gasteiger charge is 2.25. The van der Waals surface area contributed by atoms with Crippen LogP contribution in [-0.4, -0.2) is 49.7 Å². The Morgan fingerprint density at radius 1 is 1.29 bits per heavy atom. The van der Waals surface area contributed by atoms with Crippen LogP contribution in [0, 0.1) is 0 Å². The molecule has 1 N–H and O–H groups in total. The van der Waals surface area contributed by atoms with E-state index in [0.29, 0.717) is 48.2 Å². The summed E-state index contributed by atoms with van der Waals surface area (Å²) >= 11 is 5.92. The molecule has 1 saturated heterocycles. The zero-order chi connectivity index (χ0) is 19.9. The second-order valence-corrected chi connectivity index (χ2v) is 8.98. The van der Waals surface area contributed by atoms with E-state index in [1.165, 1.54) is 18.3 Å². The van der Waals surface area contributed by atoms with Crippen LogP contribution in [0.3, 0.4) is 0 Å². The molecule has 0 spiro atoms. The second kappa shape index (κ2) is 7.10. The SMILES string of the molecule is CS(=O)(=O)c1ccc(C(=O)NC2CCN(c3nc4cc(Cl)cnc4o3)CC2)o1. The van der Waals surface area contributed by atoms with Gasteiger partial charge in [0.25, 0.3) is 11.9 Å². The molecular formula is C17H17ClN4O5S. The molecule has 1 amide bonds. The Morgan fingerprint density at radius 2 is 2.04 bits per heavy atom. The van der Waals surface area contributed by atoms with E-state index in [1.54, 1.807) is 6.07 Å². The molecule has 0 atom stereocenters. The van der Waals surface area contributed by atoms with Gasteiger partial charge in [-0.2, -0.15) is 4.98 Å². The summed E-state index contributed by atoms with van der Waals surface area (Å²) in [4.78, 5) is 22.8. The molecule has 0 bridgehead atoms. The third kappa shape index (κ3) is 3.83. The van der Waals surface area contributed by atoms with Gasteiger partial charge in [-0.1, -0.05) is 11.6 Å². The monoisotopic (exact) mass is 424 g/mol. The maximum absolute atomic E-state index is 12.3. The molecular weight excluding hydrogens is 408 g/mol. The van der Waals surface area contributed by atoms with Gasteiger partial charge in [-0.25, -0.2) is 13.4 Å². The molecule has 0 radical (unpaired) electrons. The number of pyridine rings is 1. The number of fused-ring (bicyclic) bond motifs is 1. The van der Waals surface area contributed by atoms with Crippen LogP contribution in [0.25, 0.3) is 11.2 Å². The van der Waals surface area contributed by atoms with E-state index in [9.17, 15) is 13.2 Å². The number of hydrogen-bond donors (Lipinski definition) is 1. The summed E-state index contributed by atoms with van der Waals surface area (Å²) in [5.74, 6) is -0.459. The average molecular weight is 425 g/mol. The van der Waals surface area contributed by atoms with E-state index in [1.807, 2.05) is 4.90 Å². The fraction of sp³-hybridized carbons (Fsp3) is 0.353. The number of sulfone groups is 1. The van der Waals surface area contributed by atoms with E-state index >= 15 is 0 Å². The Bertz CT molecular complexity index is 1130. The van der Waals surface area contributed by atoms with Gasteiger partial charge < -0.3 is 19.1 Å². The number of piperidine rings is 1. The van der Waals surface area contributed by atoms with E-state index in [2.05, 4.69) is 15.3 Å². The minimum Gasteiger partial charge on any atom is -0.440 e. The Hall–Kier alpha value is -2.59. The van der Waals surface area contributed by atoms with Gasteiger partial charge in [-0.05, 0) is 31.0 Å². The normalized spacial score (nSPS) is 15.9. The molecule has 4 rings (SSSR count). The maximum atomic E-state index is 12.3. The van der Waals surface area contributed by atoms with Crippen molar-refractivity contribution in [2.75, 3.05) is 24.2 Å². The highest BCUT2D eigenvalue weighted by molar-refractivity contribution is 7.90. The molecule has 3 aromatic rings. The number of anilines is 1. The smallest absolute Gasteiger partial charge is 0.299 e. The summed E-state index contributed by atoms with van der Waals surface area (Å²) < 4.78 is 33.7. The summed E-state index contributed by atoms with van der Waals surface area (Å²) in [6, 6.07) is 4.74. The van der Waals surface area contributed by atoms with Gasteiger partial charge in [0.15, 0.2) is 5.76 Å². The number of oxazole rings is 1. The Balaban J connectivity index is 1.37. The fourth-order valence-electron chi connectivity index (χ4n) is 3.04. The number of hydrogen-bond acceptors (Lipinski definition) is 8. The molecule has 3 aromatic heterocycles. The Labute approximate surface area is 165 Å². The average Bonchev–Trinajstić information content (AvgIpc) is 3.29. The molecule has 0 unspecified atom stereocenters. The van der Waals surface area contributed by atoms with Gasteiger partial charge in [-0.15, -0.1) is 0 Å². The summed E-state index contributed by atoms with van der Waals surface area (Å²) in [5, 5.41) is 3.14. The second-order valence-electron chi connectivity index (χ2n) is 6.60. The summed E-state index contributed by atoms with van der Waals surface area (Å²) in [7, 11) is -3.48. The lowest BCUT2D eigenvalue weighted by molar-refractivity contribution is 0.0897. The molecule has 1 aliphatic heterocycles.